The van der Waals surface area contributed by atoms with Crippen molar-refractivity contribution in [3.8, 4) is 11.6 Å². The number of carboxylic acids is 1. The van der Waals surface area contributed by atoms with E-state index >= 15 is 0 Å². The number of aryl methyl sites for hydroxylation is 2. The zero-order valence-electron chi connectivity index (χ0n) is 10.9. The van der Waals surface area contributed by atoms with E-state index in [-0.39, 0.29) is 17.2 Å². The van der Waals surface area contributed by atoms with E-state index in [0.29, 0.717) is 4.47 Å². The Kier molecular flexibility index (Phi) is 3.63. The molecule has 1 N–H and O–H groups in total. The summed E-state index contributed by atoms with van der Waals surface area (Å²) in [5, 5.41) is 9.28. The number of aromatic nitrogens is 1. The Balaban J connectivity index is 2.03. The van der Waals surface area contributed by atoms with Crippen molar-refractivity contribution in [2.75, 3.05) is 0 Å². The summed E-state index contributed by atoms with van der Waals surface area (Å²) in [5.41, 5.74) is 1.79. The average molecular weight is 352 g/mol. The van der Waals surface area contributed by atoms with Crippen LogP contribution in [-0.2, 0) is 12.8 Å². The first kappa shape index (κ1) is 14.0. The first-order valence-electron chi connectivity index (χ1n) is 6.43. The number of ether oxygens (including phenoxy) is 1. The lowest BCUT2D eigenvalue weighted by Gasteiger charge is -2.10. The summed E-state index contributed by atoms with van der Waals surface area (Å²) in [6, 6.07) is 5.64. The number of fused-ring (bicyclic) bond motifs is 1. The number of rotatable bonds is 3. The molecule has 3 rings (SSSR count). The summed E-state index contributed by atoms with van der Waals surface area (Å²) in [6.45, 7) is 0. The van der Waals surface area contributed by atoms with E-state index in [1.165, 1.54) is 12.1 Å². The fourth-order valence-corrected chi connectivity index (χ4v) is 2.83. The largest absolute Gasteiger partial charge is 0.477 e. The van der Waals surface area contributed by atoms with Crippen molar-refractivity contribution < 1.29 is 19.0 Å². The van der Waals surface area contributed by atoms with E-state index in [9.17, 15) is 14.3 Å². The quantitative estimate of drug-likeness (QED) is 0.908. The van der Waals surface area contributed by atoms with Gasteiger partial charge in [0.05, 0.1) is 0 Å². The van der Waals surface area contributed by atoms with Gasteiger partial charge in [-0.1, -0.05) is 15.9 Å². The summed E-state index contributed by atoms with van der Waals surface area (Å²) in [7, 11) is 0. The smallest absolute Gasteiger partial charge is 0.341 e. The van der Waals surface area contributed by atoms with E-state index in [0.717, 1.165) is 30.5 Å². The van der Waals surface area contributed by atoms with Gasteiger partial charge in [-0.25, -0.2) is 14.2 Å². The zero-order valence-corrected chi connectivity index (χ0v) is 12.5. The van der Waals surface area contributed by atoms with Crippen LogP contribution in [0.3, 0.4) is 0 Å². The molecule has 1 heterocycles. The molecular formula is C15H11BrFNO3. The third-order valence-corrected chi connectivity index (χ3v) is 3.75. The first-order valence-corrected chi connectivity index (χ1v) is 7.22. The van der Waals surface area contributed by atoms with E-state index in [2.05, 4.69) is 20.9 Å². The number of hydrogen-bond donors (Lipinski definition) is 1. The molecule has 1 aliphatic rings. The molecule has 1 aromatic carbocycles. The second-order valence-electron chi connectivity index (χ2n) is 4.81. The highest BCUT2D eigenvalue weighted by Crippen LogP contribution is 2.31. The predicted molar refractivity (Wildman–Crippen MR) is 77.4 cm³/mol. The van der Waals surface area contributed by atoms with Crippen LogP contribution in [0.25, 0.3) is 0 Å². The maximum absolute atomic E-state index is 13.4. The number of carboxylic acid groups (broad SMARTS) is 1. The Morgan fingerprint density at radius 1 is 1.29 bits per heavy atom. The molecule has 108 valence electrons. The monoisotopic (exact) mass is 351 g/mol. The van der Waals surface area contributed by atoms with Crippen molar-refractivity contribution >= 4 is 21.9 Å². The Morgan fingerprint density at radius 3 is 2.81 bits per heavy atom. The molecule has 1 aliphatic carbocycles. The summed E-state index contributed by atoms with van der Waals surface area (Å²) in [6.07, 6.45) is 2.59. The third-order valence-electron chi connectivity index (χ3n) is 3.30. The second kappa shape index (κ2) is 5.44. The lowest BCUT2D eigenvalue weighted by Crippen LogP contribution is -2.05. The van der Waals surface area contributed by atoms with Gasteiger partial charge in [-0.15, -0.1) is 0 Å². The van der Waals surface area contributed by atoms with Gasteiger partial charge in [-0.3, -0.25) is 0 Å². The fourth-order valence-electron chi connectivity index (χ4n) is 2.38. The topological polar surface area (TPSA) is 59.4 Å². The highest BCUT2D eigenvalue weighted by atomic mass is 79.9. The number of halogens is 2. The van der Waals surface area contributed by atoms with Crippen LogP contribution >= 0.6 is 15.9 Å². The number of benzene rings is 1. The molecule has 6 heteroatoms. The van der Waals surface area contributed by atoms with Gasteiger partial charge < -0.3 is 9.84 Å². The molecule has 0 atom stereocenters. The summed E-state index contributed by atoms with van der Waals surface area (Å²) < 4.78 is 19.4. The lowest BCUT2D eigenvalue weighted by atomic mass is 10.1. The number of carbonyl (C=O) groups is 1. The van der Waals surface area contributed by atoms with Crippen LogP contribution in [0.1, 0.15) is 28.0 Å². The Morgan fingerprint density at radius 2 is 2.10 bits per heavy atom. The molecule has 0 aliphatic heterocycles. The van der Waals surface area contributed by atoms with Gasteiger partial charge in [0.2, 0.25) is 5.88 Å². The number of nitrogens with zero attached hydrogens (tertiary/aromatic N) is 1. The van der Waals surface area contributed by atoms with Gasteiger partial charge in [0, 0.05) is 16.2 Å². The van der Waals surface area contributed by atoms with Crippen molar-refractivity contribution in [3.05, 3.63) is 51.4 Å². The van der Waals surface area contributed by atoms with E-state index in [1.807, 2.05) is 0 Å². The molecule has 0 amide bonds. The standard InChI is InChI=1S/C15H11BrFNO3/c16-9-5-10(17)7-11(6-9)21-14-12(15(19)20)4-8-2-1-3-13(8)18-14/h4-7H,1-3H2,(H,19,20). The highest BCUT2D eigenvalue weighted by molar-refractivity contribution is 9.10. The molecular weight excluding hydrogens is 341 g/mol. The second-order valence-corrected chi connectivity index (χ2v) is 5.73. The van der Waals surface area contributed by atoms with Crippen LogP contribution < -0.4 is 4.74 Å². The SMILES string of the molecule is O=C(O)c1cc2c(nc1Oc1cc(F)cc(Br)c1)CCC2. The highest BCUT2D eigenvalue weighted by Gasteiger charge is 2.21. The summed E-state index contributed by atoms with van der Waals surface area (Å²) in [5.74, 6) is -1.38. The molecule has 21 heavy (non-hydrogen) atoms. The Hall–Kier alpha value is -1.95. The summed E-state index contributed by atoms with van der Waals surface area (Å²) >= 11 is 3.17. The molecule has 0 saturated carbocycles. The normalized spacial score (nSPS) is 13.0. The minimum absolute atomic E-state index is 0.000602. The van der Waals surface area contributed by atoms with Crippen LogP contribution in [-0.4, -0.2) is 16.1 Å². The number of hydrogen-bond acceptors (Lipinski definition) is 3. The lowest BCUT2D eigenvalue weighted by molar-refractivity contribution is 0.0693. The van der Waals surface area contributed by atoms with E-state index < -0.39 is 11.8 Å². The maximum Gasteiger partial charge on any atom is 0.341 e. The summed E-state index contributed by atoms with van der Waals surface area (Å²) in [4.78, 5) is 15.6. The van der Waals surface area contributed by atoms with Crippen LogP contribution in [0.4, 0.5) is 4.39 Å². The van der Waals surface area contributed by atoms with Crippen LogP contribution in [0.2, 0.25) is 0 Å². The number of aromatic carboxylic acids is 1. The van der Waals surface area contributed by atoms with Crippen LogP contribution in [0, 0.1) is 5.82 Å². The van der Waals surface area contributed by atoms with Gasteiger partial charge in [0.15, 0.2) is 0 Å². The first-order chi connectivity index (χ1) is 10.0. The van der Waals surface area contributed by atoms with E-state index in [1.54, 1.807) is 12.1 Å². The maximum atomic E-state index is 13.4. The molecule has 0 saturated heterocycles. The molecule has 0 bridgehead atoms. The van der Waals surface area contributed by atoms with Crippen LogP contribution in [0.5, 0.6) is 11.6 Å². The molecule has 4 nitrogen and oxygen atoms in total. The van der Waals surface area contributed by atoms with Crippen LogP contribution in [0.15, 0.2) is 28.7 Å². The predicted octanol–water partition coefficient (Wildman–Crippen LogP) is 3.96. The minimum atomic E-state index is -1.11. The minimum Gasteiger partial charge on any atom is -0.477 e. The van der Waals surface area contributed by atoms with Crippen molar-refractivity contribution in [1.29, 1.82) is 0 Å². The molecule has 0 radical (unpaired) electrons. The molecule has 1 aromatic heterocycles. The van der Waals surface area contributed by atoms with Crippen molar-refractivity contribution in [2.24, 2.45) is 0 Å². The van der Waals surface area contributed by atoms with Crippen molar-refractivity contribution in [3.63, 3.8) is 0 Å². The van der Waals surface area contributed by atoms with Gasteiger partial charge >= 0.3 is 5.97 Å². The zero-order chi connectivity index (χ0) is 15.0. The van der Waals surface area contributed by atoms with Crippen molar-refractivity contribution in [1.82, 2.24) is 4.98 Å². The number of pyridine rings is 1. The fraction of sp³-hybridized carbons (Fsp3) is 0.200. The van der Waals surface area contributed by atoms with E-state index in [4.69, 9.17) is 4.74 Å². The molecule has 0 unspecified atom stereocenters. The van der Waals surface area contributed by atoms with Gasteiger partial charge in [-0.2, -0.15) is 0 Å². The Bertz CT molecular complexity index is 713. The molecule has 2 aromatic rings. The Labute approximate surface area is 128 Å². The average Bonchev–Trinajstić information content (AvgIpc) is 2.83. The molecule has 0 spiro atoms. The van der Waals surface area contributed by atoms with Gasteiger partial charge in [0.25, 0.3) is 0 Å². The van der Waals surface area contributed by atoms with Gasteiger partial charge in [0.1, 0.15) is 17.1 Å². The van der Waals surface area contributed by atoms with Gasteiger partial charge in [-0.05, 0) is 43.0 Å². The molecule has 0 fully saturated rings. The van der Waals surface area contributed by atoms with Crippen molar-refractivity contribution in [2.45, 2.75) is 19.3 Å². The third kappa shape index (κ3) is 2.90.